The van der Waals surface area contributed by atoms with Crippen LogP contribution in [-0.2, 0) is 11.3 Å². The molecular formula is C10H17N5O3. The molecule has 0 saturated carbocycles. The minimum absolute atomic E-state index is 0.0703. The third kappa shape index (κ3) is 4.13. The summed E-state index contributed by atoms with van der Waals surface area (Å²) in [5, 5.41) is 18.5. The molecule has 0 fully saturated rings. The van der Waals surface area contributed by atoms with Gasteiger partial charge in [-0.2, -0.15) is 0 Å². The Balaban J connectivity index is 2.32. The molecule has 0 bridgehead atoms. The summed E-state index contributed by atoms with van der Waals surface area (Å²) in [5.74, 6) is -1.32. The number of rotatable bonds is 7. The van der Waals surface area contributed by atoms with Crippen LogP contribution in [0.2, 0.25) is 0 Å². The summed E-state index contributed by atoms with van der Waals surface area (Å²) in [5.41, 5.74) is 5.25. The Kier molecular flexibility index (Phi) is 5.25. The van der Waals surface area contributed by atoms with Crippen LogP contribution in [0.5, 0.6) is 0 Å². The molecule has 0 aliphatic heterocycles. The number of aromatic carboxylic acids is 1. The van der Waals surface area contributed by atoms with Crippen LogP contribution in [0.1, 0.15) is 23.8 Å². The SMILES string of the molecule is CC(CCN)C(=O)NCCn1cc(C(=O)O)nn1. The zero-order chi connectivity index (χ0) is 13.5. The second-order valence-corrected chi connectivity index (χ2v) is 3.94. The number of hydrogen-bond acceptors (Lipinski definition) is 5. The predicted molar refractivity (Wildman–Crippen MR) is 62.8 cm³/mol. The summed E-state index contributed by atoms with van der Waals surface area (Å²) in [6.45, 7) is 3.03. The molecule has 0 aliphatic carbocycles. The van der Waals surface area contributed by atoms with Crippen LogP contribution in [0, 0.1) is 5.92 Å². The zero-order valence-corrected chi connectivity index (χ0v) is 10.2. The Morgan fingerprint density at radius 3 is 2.89 bits per heavy atom. The van der Waals surface area contributed by atoms with Crippen molar-refractivity contribution in [2.24, 2.45) is 11.7 Å². The van der Waals surface area contributed by atoms with Crippen LogP contribution < -0.4 is 11.1 Å². The van der Waals surface area contributed by atoms with E-state index in [0.29, 0.717) is 26.1 Å². The first-order valence-electron chi connectivity index (χ1n) is 5.65. The molecular weight excluding hydrogens is 238 g/mol. The summed E-state index contributed by atoms with van der Waals surface area (Å²) in [4.78, 5) is 22.1. The van der Waals surface area contributed by atoms with E-state index in [1.165, 1.54) is 10.9 Å². The van der Waals surface area contributed by atoms with Crippen LogP contribution in [0.4, 0.5) is 0 Å². The lowest BCUT2D eigenvalue weighted by atomic mass is 10.1. The van der Waals surface area contributed by atoms with Gasteiger partial charge >= 0.3 is 5.97 Å². The van der Waals surface area contributed by atoms with Gasteiger partial charge in [-0.1, -0.05) is 12.1 Å². The Hall–Kier alpha value is -1.96. The van der Waals surface area contributed by atoms with E-state index in [2.05, 4.69) is 15.6 Å². The minimum Gasteiger partial charge on any atom is -0.476 e. The van der Waals surface area contributed by atoms with E-state index in [9.17, 15) is 9.59 Å². The highest BCUT2D eigenvalue weighted by Crippen LogP contribution is 1.99. The molecule has 1 amide bonds. The van der Waals surface area contributed by atoms with Crippen molar-refractivity contribution in [3.8, 4) is 0 Å². The Bertz CT molecular complexity index is 417. The highest BCUT2D eigenvalue weighted by molar-refractivity contribution is 5.84. The molecule has 18 heavy (non-hydrogen) atoms. The lowest BCUT2D eigenvalue weighted by molar-refractivity contribution is -0.124. The second-order valence-electron chi connectivity index (χ2n) is 3.94. The molecule has 100 valence electrons. The van der Waals surface area contributed by atoms with Crippen molar-refractivity contribution in [2.45, 2.75) is 19.9 Å². The highest BCUT2D eigenvalue weighted by Gasteiger charge is 2.11. The number of hydrogen-bond donors (Lipinski definition) is 3. The first-order valence-corrected chi connectivity index (χ1v) is 5.65. The van der Waals surface area contributed by atoms with Crippen molar-refractivity contribution >= 4 is 11.9 Å². The molecule has 1 atom stereocenters. The molecule has 8 nitrogen and oxygen atoms in total. The van der Waals surface area contributed by atoms with Gasteiger partial charge in [0.1, 0.15) is 0 Å². The maximum atomic E-state index is 11.5. The van der Waals surface area contributed by atoms with Crippen LogP contribution in [0.3, 0.4) is 0 Å². The molecule has 8 heteroatoms. The van der Waals surface area contributed by atoms with Gasteiger partial charge in [-0.3, -0.25) is 4.79 Å². The Morgan fingerprint density at radius 1 is 1.61 bits per heavy atom. The molecule has 0 aromatic carbocycles. The van der Waals surface area contributed by atoms with Crippen LogP contribution in [0.15, 0.2) is 6.20 Å². The van der Waals surface area contributed by atoms with Crippen molar-refractivity contribution in [1.29, 1.82) is 0 Å². The second kappa shape index (κ2) is 6.70. The number of carboxylic acids is 1. The third-order valence-corrected chi connectivity index (χ3v) is 2.45. The molecule has 0 saturated heterocycles. The van der Waals surface area contributed by atoms with Gasteiger partial charge in [0.2, 0.25) is 5.91 Å². The first kappa shape index (κ1) is 14.1. The maximum absolute atomic E-state index is 11.5. The normalized spacial score (nSPS) is 12.1. The molecule has 1 rings (SSSR count). The largest absolute Gasteiger partial charge is 0.476 e. The average Bonchev–Trinajstić information content (AvgIpc) is 2.78. The molecule has 1 aromatic rings. The molecule has 0 aliphatic rings. The Morgan fingerprint density at radius 2 is 2.33 bits per heavy atom. The van der Waals surface area contributed by atoms with E-state index >= 15 is 0 Å². The topological polar surface area (TPSA) is 123 Å². The number of aromatic nitrogens is 3. The van der Waals surface area contributed by atoms with Gasteiger partial charge in [-0.25, -0.2) is 9.48 Å². The minimum atomic E-state index is -1.12. The number of carboxylic acid groups (broad SMARTS) is 1. The molecule has 1 unspecified atom stereocenters. The monoisotopic (exact) mass is 255 g/mol. The van der Waals surface area contributed by atoms with Crippen molar-refractivity contribution < 1.29 is 14.7 Å². The quantitative estimate of drug-likeness (QED) is 0.579. The number of amides is 1. The van der Waals surface area contributed by atoms with E-state index in [0.717, 1.165) is 0 Å². The maximum Gasteiger partial charge on any atom is 0.358 e. The zero-order valence-electron chi connectivity index (χ0n) is 10.2. The van der Waals surface area contributed by atoms with E-state index in [-0.39, 0.29) is 17.5 Å². The van der Waals surface area contributed by atoms with E-state index in [1.807, 2.05) is 0 Å². The lowest BCUT2D eigenvalue weighted by Gasteiger charge is -2.10. The summed E-state index contributed by atoms with van der Waals surface area (Å²) in [6.07, 6.45) is 1.95. The van der Waals surface area contributed by atoms with Gasteiger partial charge in [0, 0.05) is 12.5 Å². The van der Waals surface area contributed by atoms with Gasteiger partial charge in [-0.05, 0) is 13.0 Å². The van der Waals surface area contributed by atoms with Gasteiger partial charge in [0.15, 0.2) is 5.69 Å². The van der Waals surface area contributed by atoms with E-state index in [4.69, 9.17) is 10.8 Å². The fourth-order valence-electron chi connectivity index (χ4n) is 1.35. The third-order valence-electron chi connectivity index (χ3n) is 2.45. The summed E-state index contributed by atoms with van der Waals surface area (Å²) in [7, 11) is 0. The first-order chi connectivity index (χ1) is 8.54. The highest BCUT2D eigenvalue weighted by atomic mass is 16.4. The van der Waals surface area contributed by atoms with Gasteiger partial charge in [0.25, 0.3) is 0 Å². The van der Waals surface area contributed by atoms with E-state index in [1.54, 1.807) is 6.92 Å². The van der Waals surface area contributed by atoms with Crippen LogP contribution in [-0.4, -0.2) is 45.1 Å². The number of carbonyl (C=O) groups is 2. The van der Waals surface area contributed by atoms with Crippen LogP contribution >= 0.6 is 0 Å². The van der Waals surface area contributed by atoms with Gasteiger partial charge < -0.3 is 16.2 Å². The summed E-state index contributed by atoms with van der Waals surface area (Å²) < 4.78 is 1.37. The molecule has 1 aromatic heterocycles. The average molecular weight is 255 g/mol. The number of carbonyl (C=O) groups excluding carboxylic acids is 1. The standard InChI is InChI=1S/C10H17N5O3/c1-7(2-3-11)9(16)12-4-5-15-6-8(10(17)18)13-14-15/h6-7H,2-5,11H2,1H3,(H,12,16)(H,17,18). The predicted octanol–water partition coefficient (Wildman–Crippen LogP) is -0.923. The number of nitrogens with zero attached hydrogens (tertiary/aromatic N) is 3. The molecule has 0 spiro atoms. The van der Waals surface area contributed by atoms with E-state index < -0.39 is 5.97 Å². The van der Waals surface area contributed by atoms with Crippen molar-refractivity contribution in [2.75, 3.05) is 13.1 Å². The molecule has 0 radical (unpaired) electrons. The number of nitrogens with two attached hydrogens (primary N) is 1. The van der Waals surface area contributed by atoms with Gasteiger partial charge in [-0.15, -0.1) is 5.10 Å². The lowest BCUT2D eigenvalue weighted by Crippen LogP contribution is -2.32. The summed E-state index contributed by atoms with van der Waals surface area (Å²) in [6, 6.07) is 0. The fraction of sp³-hybridized carbons (Fsp3) is 0.600. The van der Waals surface area contributed by atoms with Crippen molar-refractivity contribution in [1.82, 2.24) is 20.3 Å². The molecule has 1 heterocycles. The summed E-state index contributed by atoms with van der Waals surface area (Å²) >= 11 is 0. The fourth-order valence-corrected chi connectivity index (χ4v) is 1.35. The van der Waals surface area contributed by atoms with Gasteiger partial charge in [0.05, 0.1) is 12.7 Å². The van der Waals surface area contributed by atoms with Crippen molar-refractivity contribution in [3.63, 3.8) is 0 Å². The van der Waals surface area contributed by atoms with Crippen LogP contribution in [0.25, 0.3) is 0 Å². The smallest absolute Gasteiger partial charge is 0.358 e. The number of nitrogens with one attached hydrogen (secondary N) is 1. The molecule has 4 N–H and O–H groups in total. The Labute approximate surface area is 104 Å². The van der Waals surface area contributed by atoms with Crippen molar-refractivity contribution in [3.05, 3.63) is 11.9 Å².